The molecular weight excluding hydrogens is 350 g/mol. The highest BCUT2D eigenvalue weighted by Gasteiger charge is 2.24. The lowest BCUT2D eigenvalue weighted by molar-refractivity contribution is 0.0607. The van der Waals surface area contributed by atoms with E-state index in [0.717, 1.165) is 28.4 Å². The van der Waals surface area contributed by atoms with Crippen molar-refractivity contribution in [2.45, 2.75) is 24.0 Å². The van der Waals surface area contributed by atoms with E-state index < -0.39 is 5.97 Å². The molecule has 0 aliphatic carbocycles. The summed E-state index contributed by atoms with van der Waals surface area (Å²) in [5, 5.41) is 10.2. The van der Waals surface area contributed by atoms with E-state index in [-0.39, 0.29) is 0 Å². The molecule has 0 fully saturated rings. The molecule has 6 heteroatoms. The Hall–Kier alpha value is -1.48. The molecule has 0 N–H and O–H groups in total. The number of esters is 1. The number of nitrogens with zero attached hydrogens (tertiary/aromatic N) is 1. The van der Waals surface area contributed by atoms with Crippen LogP contribution in [0.2, 0.25) is 5.02 Å². The molecule has 0 aliphatic heterocycles. The largest absolute Gasteiger partial charge is 0.465 e. The summed E-state index contributed by atoms with van der Waals surface area (Å²) in [7, 11) is 1.35. The Morgan fingerprint density at radius 2 is 2.09 bits per heavy atom. The van der Waals surface area contributed by atoms with Gasteiger partial charge in [-0.15, -0.1) is 23.1 Å². The van der Waals surface area contributed by atoms with Crippen LogP contribution in [0.15, 0.2) is 28.5 Å². The van der Waals surface area contributed by atoms with E-state index in [1.165, 1.54) is 18.4 Å². The number of carbonyl (C=O) groups is 1. The van der Waals surface area contributed by atoms with Crippen molar-refractivity contribution in [1.82, 2.24) is 0 Å². The molecule has 0 spiro atoms. The lowest BCUT2D eigenvalue weighted by Gasteiger charge is -2.04. The number of hydrogen-bond acceptors (Lipinski definition) is 5. The number of hydrogen-bond donors (Lipinski definition) is 0. The van der Waals surface area contributed by atoms with E-state index in [1.54, 1.807) is 23.9 Å². The van der Waals surface area contributed by atoms with E-state index in [9.17, 15) is 10.1 Å². The molecule has 23 heavy (non-hydrogen) atoms. The van der Waals surface area contributed by atoms with Crippen LogP contribution in [-0.2, 0) is 4.74 Å². The molecule has 2 aromatic rings. The number of rotatable bonds is 6. The van der Waals surface area contributed by atoms with Gasteiger partial charge in [0, 0.05) is 10.6 Å². The predicted octanol–water partition coefficient (Wildman–Crippen LogP) is 5.62. The molecule has 120 valence electrons. The summed E-state index contributed by atoms with van der Waals surface area (Å²) in [6, 6.07) is 9.39. The second kappa shape index (κ2) is 8.39. The normalized spacial score (nSPS) is 10.3. The van der Waals surface area contributed by atoms with E-state index >= 15 is 0 Å². The Morgan fingerprint density at radius 1 is 1.39 bits per heavy atom. The molecule has 0 atom stereocenters. The highest BCUT2D eigenvalue weighted by Crippen LogP contribution is 2.42. The maximum atomic E-state index is 12.1. The number of unbranched alkanes of at least 4 members (excludes halogenated alkanes) is 1. The zero-order valence-electron chi connectivity index (χ0n) is 12.9. The summed E-state index contributed by atoms with van der Waals surface area (Å²) >= 11 is 8.88. The van der Waals surface area contributed by atoms with Gasteiger partial charge in [0.15, 0.2) is 0 Å². The molecule has 0 aliphatic rings. The maximum Gasteiger partial charge on any atom is 0.348 e. The van der Waals surface area contributed by atoms with E-state index in [4.69, 9.17) is 16.3 Å². The number of halogens is 1. The molecule has 1 heterocycles. The summed E-state index contributed by atoms with van der Waals surface area (Å²) in [5.41, 5.74) is 1.98. The van der Waals surface area contributed by atoms with Gasteiger partial charge in [0.1, 0.15) is 10.9 Å². The Bertz CT molecular complexity index is 732. The van der Waals surface area contributed by atoms with Crippen LogP contribution in [-0.4, -0.2) is 18.8 Å². The topological polar surface area (TPSA) is 50.1 Å². The third-order valence-electron chi connectivity index (χ3n) is 3.22. The van der Waals surface area contributed by atoms with Crippen molar-refractivity contribution in [3.05, 3.63) is 39.7 Å². The molecule has 3 nitrogen and oxygen atoms in total. The second-order valence-corrected chi connectivity index (χ2v) is 7.60. The van der Waals surface area contributed by atoms with Crippen molar-refractivity contribution < 1.29 is 9.53 Å². The predicted molar refractivity (Wildman–Crippen MR) is 96.5 cm³/mol. The number of thioether (sulfide) groups is 1. The standard InChI is InChI=1S/C17H16ClNO2S2/c1-3-4-9-22-17-13(10-19)14(15(23-17)16(20)21-2)11-5-7-12(18)8-6-11/h5-8H,3-4,9H2,1-2H3. The van der Waals surface area contributed by atoms with Gasteiger partial charge in [0.25, 0.3) is 0 Å². The summed E-state index contributed by atoms with van der Waals surface area (Å²) in [6.45, 7) is 2.12. The van der Waals surface area contributed by atoms with Gasteiger partial charge in [-0.1, -0.05) is 37.1 Å². The fourth-order valence-electron chi connectivity index (χ4n) is 2.05. The molecule has 1 aromatic heterocycles. The number of carbonyl (C=O) groups excluding carboxylic acids is 1. The molecule has 0 amide bonds. The lowest BCUT2D eigenvalue weighted by Crippen LogP contribution is -2.00. The first-order valence-electron chi connectivity index (χ1n) is 7.16. The molecule has 2 rings (SSSR count). The van der Waals surface area contributed by atoms with Gasteiger partial charge in [0.05, 0.1) is 16.9 Å². The van der Waals surface area contributed by atoms with Crippen molar-refractivity contribution in [1.29, 1.82) is 5.26 Å². The Labute approximate surface area is 149 Å². The Balaban J connectivity index is 2.54. The molecule has 0 saturated heterocycles. The first kappa shape index (κ1) is 17.9. The lowest BCUT2D eigenvalue weighted by atomic mass is 10.0. The minimum absolute atomic E-state index is 0.418. The first-order valence-corrected chi connectivity index (χ1v) is 9.34. The minimum Gasteiger partial charge on any atom is -0.465 e. The molecule has 0 radical (unpaired) electrons. The van der Waals surface area contributed by atoms with Gasteiger partial charge in [-0.2, -0.15) is 5.26 Å². The molecular formula is C17H16ClNO2S2. The number of methoxy groups -OCH3 is 1. The average molecular weight is 366 g/mol. The van der Waals surface area contributed by atoms with Gasteiger partial charge in [-0.05, 0) is 29.9 Å². The van der Waals surface area contributed by atoms with Crippen LogP contribution in [0.25, 0.3) is 11.1 Å². The van der Waals surface area contributed by atoms with Crippen LogP contribution < -0.4 is 0 Å². The van der Waals surface area contributed by atoms with Crippen LogP contribution in [0.1, 0.15) is 35.0 Å². The van der Waals surface area contributed by atoms with Gasteiger partial charge in [-0.25, -0.2) is 4.79 Å². The van der Waals surface area contributed by atoms with E-state index in [1.807, 2.05) is 12.1 Å². The van der Waals surface area contributed by atoms with Crippen LogP contribution in [0.4, 0.5) is 0 Å². The minimum atomic E-state index is -0.418. The highest BCUT2D eigenvalue weighted by atomic mass is 35.5. The van der Waals surface area contributed by atoms with Gasteiger partial charge in [-0.3, -0.25) is 0 Å². The zero-order valence-corrected chi connectivity index (χ0v) is 15.3. The number of benzene rings is 1. The zero-order chi connectivity index (χ0) is 16.8. The monoisotopic (exact) mass is 365 g/mol. The van der Waals surface area contributed by atoms with Crippen LogP contribution in [0.3, 0.4) is 0 Å². The van der Waals surface area contributed by atoms with Crippen molar-refractivity contribution in [3.63, 3.8) is 0 Å². The summed E-state index contributed by atoms with van der Waals surface area (Å²) in [5.74, 6) is 0.505. The highest BCUT2D eigenvalue weighted by molar-refractivity contribution is 8.01. The molecule has 0 bridgehead atoms. The summed E-state index contributed by atoms with van der Waals surface area (Å²) in [6.07, 6.45) is 2.16. The van der Waals surface area contributed by atoms with Crippen molar-refractivity contribution in [3.8, 4) is 17.2 Å². The third-order valence-corrected chi connectivity index (χ3v) is 6.00. The second-order valence-electron chi connectivity index (χ2n) is 4.78. The average Bonchev–Trinajstić information content (AvgIpc) is 2.93. The number of ether oxygens (including phenoxy) is 1. The fraction of sp³-hybridized carbons (Fsp3) is 0.294. The van der Waals surface area contributed by atoms with E-state index in [0.29, 0.717) is 21.0 Å². The third kappa shape index (κ3) is 4.08. The quantitative estimate of drug-likeness (QED) is 0.378. The van der Waals surface area contributed by atoms with Gasteiger partial charge < -0.3 is 4.74 Å². The summed E-state index contributed by atoms with van der Waals surface area (Å²) < 4.78 is 5.75. The van der Waals surface area contributed by atoms with Crippen LogP contribution in [0, 0.1) is 11.3 Å². The van der Waals surface area contributed by atoms with Crippen LogP contribution >= 0.6 is 34.7 Å². The van der Waals surface area contributed by atoms with E-state index in [2.05, 4.69) is 13.0 Å². The molecule has 0 saturated carbocycles. The molecule has 0 unspecified atom stereocenters. The molecule has 1 aromatic carbocycles. The van der Waals surface area contributed by atoms with Crippen LogP contribution in [0.5, 0.6) is 0 Å². The first-order chi connectivity index (χ1) is 11.1. The summed E-state index contributed by atoms with van der Waals surface area (Å²) in [4.78, 5) is 12.6. The van der Waals surface area contributed by atoms with Crippen molar-refractivity contribution >= 4 is 40.7 Å². The van der Waals surface area contributed by atoms with Crippen molar-refractivity contribution in [2.24, 2.45) is 0 Å². The fourth-order valence-corrected chi connectivity index (χ4v) is 4.75. The smallest absolute Gasteiger partial charge is 0.348 e. The number of thiophene rings is 1. The maximum absolute atomic E-state index is 12.1. The SMILES string of the molecule is CCCCSc1sc(C(=O)OC)c(-c2ccc(Cl)cc2)c1C#N. The van der Waals surface area contributed by atoms with Gasteiger partial charge >= 0.3 is 5.97 Å². The van der Waals surface area contributed by atoms with Crippen molar-refractivity contribution in [2.75, 3.05) is 12.9 Å². The van der Waals surface area contributed by atoms with Gasteiger partial charge in [0.2, 0.25) is 0 Å². The Kier molecular flexibility index (Phi) is 6.52. The Morgan fingerprint density at radius 3 is 2.65 bits per heavy atom. The number of nitriles is 1.